The lowest BCUT2D eigenvalue weighted by molar-refractivity contribution is 0.104. The van der Waals surface area contributed by atoms with Gasteiger partial charge in [-0.25, -0.2) is 4.79 Å². The number of amides is 1. The second-order valence-corrected chi connectivity index (χ2v) is 7.56. The van der Waals surface area contributed by atoms with Gasteiger partial charge in [-0.05, 0) is 13.3 Å². The summed E-state index contributed by atoms with van der Waals surface area (Å²) in [5.74, 6) is 0. The Morgan fingerprint density at radius 2 is 2.28 bits per heavy atom. The number of ether oxygens (including phenoxy) is 1. The van der Waals surface area contributed by atoms with Crippen LogP contribution in [0, 0.1) is 6.92 Å². The predicted molar refractivity (Wildman–Crippen MR) is 89.3 cm³/mol. The van der Waals surface area contributed by atoms with Crippen molar-refractivity contribution in [2.45, 2.75) is 38.5 Å². The highest BCUT2D eigenvalue weighted by Gasteiger charge is 2.39. The lowest BCUT2D eigenvalue weighted by atomic mass is 10.0. The molecular formula is C15H23N3O6S. The third-order valence-electron chi connectivity index (χ3n) is 4.00. The van der Waals surface area contributed by atoms with Gasteiger partial charge in [0.1, 0.15) is 6.61 Å². The Bertz CT molecular complexity index is 730. The lowest BCUT2D eigenvalue weighted by Gasteiger charge is -2.23. The zero-order chi connectivity index (χ0) is 18.6. The largest absolute Gasteiger partial charge is 0.445 e. The van der Waals surface area contributed by atoms with Gasteiger partial charge in [0.2, 0.25) is 0 Å². The molecule has 0 aliphatic carbocycles. The molecule has 2 N–H and O–H groups in total. The third-order valence-corrected chi connectivity index (χ3v) is 4.63. The van der Waals surface area contributed by atoms with E-state index >= 15 is 0 Å². The fourth-order valence-electron chi connectivity index (χ4n) is 2.94. The van der Waals surface area contributed by atoms with E-state index in [-0.39, 0.29) is 25.8 Å². The molecule has 0 spiro atoms. The van der Waals surface area contributed by atoms with Crippen LogP contribution in [-0.4, -0.2) is 66.3 Å². The van der Waals surface area contributed by atoms with Crippen LogP contribution in [0.2, 0.25) is 0 Å². The van der Waals surface area contributed by atoms with Crippen molar-refractivity contribution >= 4 is 16.2 Å². The maximum Gasteiger partial charge on any atom is 0.410 e. The summed E-state index contributed by atoms with van der Waals surface area (Å²) in [6, 6.07) is -0.339. The van der Waals surface area contributed by atoms with Crippen LogP contribution in [0.3, 0.4) is 0 Å². The van der Waals surface area contributed by atoms with E-state index in [9.17, 15) is 18.3 Å². The molecule has 0 radical (unpaired) electrons. The molecule has 9 nitrogen and oxygen atoms in total. The number of nitrogens with one attached hydrogen (secondary N) is 1. The zero-order valence-electron chi connectivity index (χ0n) is 14.3. The third kappa shape index (κ3) is 5.03. The summed E-state index contributed by atoms with van der Waals surface area (Å²) in [5.41, 5.74) is 2.05. The van der Waals surface area contributed by atoms with Gasteiger partial charge >= 0.3 is 6.09 Å². The summed E-state index contributed by atoms with van der Waals surface area (Å²) in [4.78, 5) is 13.7. The van der Waals surface area contributed by atoms with Crippen molar-refractivity contribution in [1.82, 2.24) is 15.1 Å². The molecule has 0 saturated carbocycles. The van der Waals surface area contributed by atoms with Crippen molar-refractivity contribution in [2.75, 3.05) is 19.4 Å². The van der Waals surface area contributed by atoms with Gasteiger partial charge in [0.15, 0.2) is 0 Å². The van der Waals surface area contributed by atoms with Gasteiger partial charge in [-0.15, -0.1) is 0 Å². The Morgan fingerprint density at radius 3 is 2.88 bits per heavy atom. The summed E-state index contributed by atoms with van der Waals surface area (Å²) in [5, 5.41) is 16.4. The molecule has 0 aromatic carbocycles. The average molecular weight is 373 g/mol. The van der Waals surface area contributed by atoms with Crippen LogP contribution in [0.1, 0.15) is 23.4 Å². The molecule has 2 atom stereocenters. The highest BCUT2D eigenvalue weighted by atomic mass is 32.2. The number of aliphatic hydroxyl groups excluding tert-OH is 1. The maximum absolute atomic E-state index is 12.3. The van der Waals surface area contributed by atoms with Crippen LogP contribution in [0.15, 0.2) is 12.7 Å². The van der Waals surface area contributed by atoms with Crippen LogP contribution in [-0.2, 0) is 32.1 Å². The molecule has 10 heteroatoms. The smallest absolute Gasteiger partial charge is 0.410 e. The first-order valence-corrected chi connectivity index (χ1v) is 9.63. The number of aliphatic hydroxyl groups is 1. The van der Waals surface area contributed by atoms with Crippen LogP contribution >= 0.6 is 0 Å². The van der Waals surface area contributed by atoms with E-state index in [0.717, 1.165) is 6.26 Å². The van der Waals surface area contributed by atoms with Crippen molar-refractivity contribution in [2.24, 2.45) is 0 Å². The number of H-pyrrole nitrogens is 1. The number of rotatable bonds is 7. The predicted octanol–water partition coefficient (Wildman–Crippen LogP) is 0.495. The molecule has 1 aromatic rings. The molecule has 1 aliphatic rings. The van der Waals surface area contributed by atoms with Gasteiger partial charge in [-0.2, -0.15) is 13.5 Å². The standard InChI is InChI=1S/C15H23N3O6S/c1-4-5-23-15(20)18-8-12(24-25(3,21)22)6-11(18)7-14-13(9-19)10(2)16-17-14/h4,11-12,19H,1,5-9H2,2-3H3,(H,16,17)/t11-,12+/m0/s1. The fraction of sp³-hybridized carbons (Fsp3) is 0.600. The molecule has 1 fully saturated rings. The zero-order valence-corrected chi connectivity index (χ0v) is 15.1. The molecule has 140 valence electrons. The highest BCUT2D eigenvalue weighted by Crippen LogP contribution is 2.26. The Balaban J connectivity index is 2.17. The molecule has 25 heavy (non-hydrogen) atoms. The Hall–Kier alpha value is -1.91. The van der Waals surface area contributed by atoms with E-state index in [4.69, 9.17) is 8.92 Å². The van der Waals surface area contributed by atoms with Gasteiger partial charge in [-0.3, -0.25) is 9.28 Å². The Kier molecular flexibility index (Phi) is 6.20. The molecule has 1 aromatic heterocycles. The summed E-state index contributed by atoms with van der Waals surface area (Å²) >= 11 is 0. The number of nitrogens with zero attached hydrogens (tertiary/aromatic N) is 2. The summed E-state index contributed by atoms with van der Waals surface area (Å²) in [6.07, 6.45) is 1.94. The summed E-state index contributed by atoms with van der Waals surface area (Å²) < 4.78 is 32.9. The minimum absolute atomic E-state index is 0.0602. The normalized spacial score (nSPS) is 20.7. The van der Waals surface area contributed by atoms with Crippen molar-refractivity contribution in [3.8, 4) is 0 Å². The van der Waals surface area contributed by atoms with Crippen LogP contribution < -0.4 is 0 Å². The number of aromatic amines is 1. The fourth-order valence-corrected chi connectivity index (χ4v) is 3.57. The van der Waals surface area contributed by atoms with E-state index in [1.807, 2.05) is 0 Å². The second kappa shape index (κ2) is 7.98. The van der Waals surface area contributed by atoms with Gasteiger partial charge in [0.25, 0.3) is 10.1 Å². The monoisotopic (exact) mass is 373 g/mol. The first kappa shape index (κ1) is 19.4. The summed E-state index contributed by atoms with van der Waals surface area (Å²) in [7, 11) is -3.63. The van der Waals surface area contributed by atoms with Gasteiger partial charge in [0.05, 0.1) is 31.2 Å². The SMILES string of the molecule is C=CCOC(=O)N1C[C@H](OS(C)(=O)=O)C[C@H]1Cc1[nH]nc(C)c1CO. The molecule has 2 rings (SSSR count). The van der Waals surface area contributed by atoms with Crippen molar-refractivity contribution in [3.63, 3.8) is 0 Å². The minimum atomic E-state index is -3.63. The molecule has 1 amide bonds. The quantitative estimate of drug-likeness (QED) is 0.527. The molecule has 0 bridgehead atoms. The molecule has 2 heterocycles. The van der Waals surface area contributed by atoms with Crippen LogP contribution in [0.25, 0.3) is 0 Å². The van der Waals surface area contributed by atoms with Gasteiger partial charge < -0.3 is 14.7 Å². The Morgan fingerprint density at radius 1 is 1.56 bits per heavy atom. The Labute approximate surface area is 146 Å². The van der Waals surface area contributed by atoms with E-state index in [1.54, 1.807) is 6.92 Å². The van der Waals surface area contributed by atoms with Crippen LogP contribution in [0.5, 0.6) is 0 Å². The van der Waals surface area contributed by atoms with E-state index in [2.05, 4.69) is 16.8 Å². The maximum atomic E-state index is 12.3. The van der Waals surface area contributed by atoms with Crippen molar-refractivity contribution in [1.29, 1.82) is 0 Å². The van der Waals surface area contributed by atoms with Crippen molar-refractivity contribution < 1.29 is 27.2 Å². The molecular weight excluding hydrogens is 350 g/mol. The number of hydrogen-bond acceptors (Lipinski definition) is 7. The number of aryl methyl sites for hydroxylation is 1. The number of carbonyl (C=O) groups excluding carboxylic acids is 1. The van der Waals surface area contributed by atoms with Gasteiger partial charge in [0, 0.05) is 23.7 Å². The van der Waals surface area contributed by atoms with Crippen LogP contribution in [0.4, 0.5) is 4.79 Å². The van der Waals surface area contributed by atoms with E-state index in [0.29, 0.717) is 29.8 Å². The topological polar surface area (TPSA) is 122 Å². The number of likely N-dealkylation sites (tertiary alicyclic amines) is 1. The highest BCUT2D eigenvalue weighted by molar-refractivity contribution is 7.86. The average Bonchev–Trinajstić information content (AvgIpc) is 3.07. The molecule has 1 saturated heterocycles. The first-order chi connectivity index (χ1) is 11.7. The van der Waals surface area contributed by atoms with E-state index in [1.165, 1.54) is 11.0 Å². The molecule has 1 aliphatic heterocycles. The van der Waals surface area contributed by atoms with Gasteiger partial charge in [-0.1, -0.05) is 12.7 Å². The second-order valence-electron chi connectivity index (χ2n) is 5.96. The van der Waals surface area contributed by atoms with Crippen molar-refractivity contribution in [3.05, 3.63) is 29.6 Å². The minimum Gasteiger partial charge on any atom is -0.445 e. The molecule has 0 unspecified atom stereocenters. The number of carbonyl (C=O) groups is 1. The summed E-state index contributed by atoms with van der Waals surface area (Å²) in [6.45, 7) is 5.26. The number of aromatic nitrogens is 2. The van der Waals surface area contributed by atoms with E-state index < -0.39 is 22.3 Å². The number of hydrogen-bond donors (Lipinski definition) is 2. The lowest BCUT2D eigenvalue weighted by Crippen LogP contribution is -2.38. The first-order valence-electron chi connectivity index (χ1n) is 7.81.